The third-order valence-corrected chi connectivity index (χ3v) is 2.25. The highest BCUT2D eigenvalue weighted by Crippen LogP contribution is 2.26. The third kappa shape index (κ3) is 1.46. The molecule has 0 unspecified atom stereocenters. The van der Waals surface area contributed by atoms with Crippen LogP contribution in [0.15, 0.2) is 34.3 Å². The summed E-state index contributed by atoms with van der Waals surface area (Å²) in [5.74, 6) is 0.993. The highest BCUT2D eigenvalue weighted by Gasteiger charge is 2.06. The van der Waals surface area contributed by atoms with Crippen molar-refractivity contribution in [3.05, 3.63) is 41.2 Å². The zero-order valence-electron chi connectivity index (χ0n) is 8.79. The maximum Gasteiger partial charge on any atom is 0.134 e. The number of hydrogen-bond donors (Lipinski definition) is 0. The van der Waals surface area contributed by atoms with Gasteiger partial charge in [0, 0.05) is 10.9 Å². The molecule has 2 aromatic rings. The molecule has 0 N–H and O–H groups in total. The van der Waals surface area contributed by atoms with Gasteiger partial charge in [0.25, 0.3) is 0 Å². The number of para-hydroxylation sites is 1. The van der Waals surface area contributed by atoms with Crippen molar-refractivity contribution in [2.24, 2.45) is 0 Å². The summed E-state index contributed by atoms with van der Waals surface area (Å²) in [4.78, 5) is 0. The lowest BCUT2D eigenvalue weighted by Crippen LogP contribution is -1.73. The maximum absolute atomic E-state index is 5.66. The molecule has 1 aromatic heterocycles. The highest BCUT2D eigenvalue weighted by atomic mass is 16.3. The van der Waals surface area contributed by atoms with Crippen molar-refractivity contribution in [2.45, 2.75) is 20.8 Å². The summed E-state index contributed by atoms with van der Waals surface area (Å²) in [6, 6.07) is 8.14. The Balaban J connectivity index is 2.74. The molecule has 0 spiro atoms. The average Bonchev–Trinajstić information content (AvgIpc) is 2.43. The van der Waals surface area contributed by atoms with Crippen molar-refractivity contribution in [3.8, 4) is 0 Å². The van der Waals surface area contributed by atoms with Gasteiger partial charge in [0.15, 0.2) is 0 Å². The highest BCUT2D eigenvalue weighted by molar-refractivity contribution is 5.88. The first-order valence-electron chi connectivity index (χ1n) is 4.81. The van der Waals surface area contributed by atoms with E-state index in [0.717, 1.165) is 11.3 Å². The largest absolute Gasteiger partial charge is 0.461 e. The van der Waals surface area contributed by atoms with E-state index >= 15 is 0 Å². The molecule has 0 atom stereocenters. The number of fused-ring (bicyclic) bond motifs is 1. The molecule has 1 aromatic carbocycles. The summed E-state index contributed by atoms with van der Waals surface area (Å²) in [6.45, 7) is 6.21. The molecule has 2 rings (SSSR count). The SMILES string of the molecule is CC(C)=Cc1c(C)oc2ccccc12. The summed E-state index contributed by atoms with van der Waals surface area (Å²) >= 11 is 0. The van der Waals surface area contributed by atoms with E-state index in [1.54, 1.807) is 0 Å². The van der Waals surface area contributed by atoms with Crippen LogP contribution in [0.1, 0.15) is 25.2 Å². The lowest BCUT2D eigenvalue weighted by atomic mass is 10.1. The standard InChI is InChI=1S/C13H14O/c1-9(2)8-12-10(3)14-13-7-5-4-6-11(12)13/h4-8H,1-3H3. The molecule has 0 aliphatic carbocycles. The molecule has 14 heavy (non-hydrogen) atoms. The average molecular weight is 186 g/mol. The lowest BCUT2D eigenvalue weighted by molar-refractivity contribution is 0.577. The second-order valence-electron chi connectivity index (χ2n) is 3.79. The molecular formula is C13H14O. The molecule has 0 saturated carbocycles. The van der Waals surface area contributed by atoms with E-state index in [1.165, 1.54) is 16.5 Å². The molecule has 1 heterocycles. The van der Waals surface area contributed by atoms with Crippen LogP contribution in [0, 0.1) is 6.92 Å². The normalized spacial score (nSPS) is 10.5. The van der Waals surface area contributed by atoms with Crippen molar-refractivity contribution in [1.82, 2.24) is 0 Å². The predicted octanol–water partition coefficient (Wildman–Crippen LogP) is 4.16. The topological polar surface area (TPSA) is 13.1 Å². The van der Waals surface area contributed by atoms with Crippen molar-refractivity contribution >= 4 is 17.0 Å². The van der Waals surface area contributed by atoms with E-state index < -0.39 is 0 Å². The van der Waals surface area contributed by atoms with Gasteiger partial charge in [-0.05, 0) is 26.8 Å². The van der Waals surface area contributed by atoms with Gasteiger partial charge in [-0.2, -0.15) is 0 Å². The molecule has 0 bridgehead atoms. The van der Waals surface area contributed by atoms with Gasteiger partial charge in [-0.25, -0.2) is 0 Å². The molecule has 0 aliphatic heterocycles. The minimum atomic E-state index is 0.970. The zero-order valence-corrected chi connectivity index (χ0v) is 8.79. The Labute approximate surface area is 84.0 Å². The summed E-state index contributed by atoms with van der Waals surface area (Å²) in [5.41, 5.74) is 3.47. The van der Waals surface area contributed by atoms with Crippen molar-refractivity contribution < 1.29 is 4.42 Å². The van der Waals surface area contributed by atoms with Gasteiger partial charge in [0.1, 0.15) is 11.3 Å². The smallest absolute Gasteiger partial charge is 0.134 e. The van der Waals surface area contributed by atoms with Gasteiger partial charge < -0.3 is 4.42 Å². The van der Waals surface area contributed by atoms with Gasteiger partial charge in [-0.15, -0.1) is 0 Å². The Morgan fingerprint density at radius 3 is 2.64 bits per heavy atom. The first-order valence-corrected chi connectivity index (χ1v) is 4.81. The van der Waals surface area contributed by atoms with Crippen LogP contribution < -0.4 is 0 Å². The fraction of sp³-hybridized carbons (Fsp3) is 0.231. The number of hydrogen-bond acceptors (Lipinski definition) is 1. The number of benzene rings is 1. The number of rotatable bonds is 1. The van der Waals surface area contributed by atoms with Crippen LogP contribution >= 0.6 is 0 Å². The van der Waals surface area contributed by atoms with Crippen molar-refractivity contribution in [3.63, 3.8) is 0 Å². The second kappa shape index (κ2) is 3.33. The van der Waals surface area contributed by atoms with Crippen LogP contribution in [0.25, 0.3) is 17.0 Å². The van der Waals surface area contributed by atoms with E-state index in [-0.39, 0.29) is 0 Å². The van der Waals surface area contributed by atoms with E-state index in [9.17, 15) is 0 Å². The van der Waals surface area contributed by atoms with Crippen LogP contribution in [0.2, 0.25) is 0 Å². The Bertz CT molecular complexity index is 485. The zero-order chi connectivity index (χ0) is 10.1. The van der Waals surface area contributed by atoms with Crippen molar-refractivity contribution in [1.29, 1.82) is 0 Å². The van der Waals surface area contributed by atoms with E-state index in [0.29, 0.717) is 0 Å². The quantitative estimate of drug-likeness (QED) is 0.651. The molecule has 0 aliphatic rings. The van der Waals surface area contributed by atoms with Crippen LogP contribution in [0.3, 0.4) is 0 Å². The minimum Gasteiger partial charge on any atom is -0.461 e. The monoisotopic (exact) mass is 186 g/mol. The Morgan fingerprint density at radius 1 is 1.21 bits per heavy atom. The Kier molecular flexibility index (Phi) is 2.16. The molecule has 1 nitrogen and oxygen atoms in total. The molecule has 72 valence electrons. The van der Waals surface area contributed by atoms with E-state index in [4.69, 9.17) is 4.42 Å². The molecule has 0 amide bonds. The molecule has 0 saturated heterocycles. The number of allylic oxidation sites excluding steroid dienone is 1. The summed E-state index contributed by atoms with van der Waals surface area (Å²) < 4.78 is 5.66. The van der Waals surface area contributed by atoms with Gasteiger partial charge in [0.2, 0.25) is 0 Å². The van der Waals surface area contributed by atoms with E-state index in [1.807, 2.05) is 25.1 Å². The predicted molar refractivity (Wildman–Crippen MR) is 60.3 cm³/mol. The Hall–Kier alpha value is -1.50. The molecular weight excluding hydrogens is 172 g/mol. The summed E-state index contributed by atoms with van der Waals surface area (Å²) in [7, 11) is 0. The molecule has 1 heteroatoms. The van der Waals surface area contributed by atoms with Crippen LogP contribution in [-0.2, 0) is 0 Å². The second-order valence-corrected chi connectivity index (χ2v) is 3.79. The molecule has 0 fully saturated rings. The van der Waals surface area contributed by atoms with Crippen LogP contribution in [0.4, 0.5) is 0 Å². The summed E-state index contributed by atoms with van der Waals surface area (Å²) in [5, 5.41) is 1.20. The van der Waals surface area contributed by atoms with Crippen LogP contribution in [0.5, 0.6) is 0 Å². The number of aryl methyl sites for hydroxylation is 1. The fourth-order valence-electron chi connectivity index (χ4n) is 1.66. The molecule has 0 radical (unpaired) electrons. The van der Waals surface area contributed by atoms with Crippen LogP contribution in [-0.4, -0.2) is 0 Å². The number of furan rings is 1. The van der Waals surface area contributed by atoms with Gasteiger partial charge in [0.05, 0.1) is 0 Å². The third-order valence-electron chi connectivity index (χ3n) is 2.25. The Morgan fingerprint density at radius 2 is 1.93 bits per heavy atom. The van der Waals surface area contributed by atoms with Gasteiger partial charge in [-0.3, -0.25) is 0 Å². The first-order chi connectivity index (χ1) is 6.68. The van der Waals surface area contributed by atoms with Gasteiger partial charge >= 0.3 is 0 Å². The first kappa shape index (κ1) is 9.07. The van der Waals surface area contributed by atoms with E-state index in [2.05, 4.69) is 26.0 Å². The fourth-order valence-corrected chi connectivity index (χ4v) is 1.66. The summed E-state index contributed by atoms with van der Waals surface area (Å²) in [6.07, 6.45) is 2.17. The van der Waals surface area contributed by atoms with Crippen molar-refractivity contribution in [2.75, 3.05) is 0 Å². The van der Waals surface area contributed by atoms with Gasteiger partial charge in [-0.1, -0.05) is 29.8 Å². The maximum atomic E-state index is 5.66. The minimum absolute atomic E-state index is 0.970. The lowest BCUT2D eigenvalue weighted by Gasteiger charge is -1.92.